The van der Waals surface area contributed by atoms with Crippen molar-refractivity contribution in [3.63, 3.8) is 0 Å². The molecular formula is C59H36N6O2. The summed E-state index contributed by atoms with van der Waals surface area (Å²) in [4.78, 5) is 24.8. The topological polar surface area (TPSA) is 95.7 Å². The van der Waals surface area contributed by atoms with Crippen molar-refractivity contribution in [1.29, 1.82) is 0 Å². The van der Waals surface area contributed by atoms with E-state index in [1.54, 1.807) is 0 Å². The van der Waals surface area contributed by atoms with Crippen LogP contribution in [0.15, 0.2) is 227 Å². The summed E-state index contributed by atoms with van der Waals surface area (Å²) < 4.78 is 14.4. The number of oxazole rings is 2. The first-order valence-corrected chi connectivity index (χ1v) is 22.1. The van der Waals surface area contributed by atoms with Gasteiger partial charge in [-0.25, -0.2) is 24.9 Å². The highest BCUT2D eigenvalue weighted by atomic mass is 16.4. The minimum atomic E-state index is 0.587. The molecule has 0 aliphatic rings. The third-order valence-electron chi connectivity index (χ3n) is 12.4. The Kier molecular flexibility index (Phi) is 8.99. The highest BCUT2D eigenvalue weighted by molar-refractivity contribution is 6.10. The third kappa shape index (κ3) is 6.92. The van der Waals surface area contributed by atoms with Gasteiger partial charge in [-0.05, 0) is 107 Å². The van der Waals surface area contributed by atoms with Crippen LogP contribution in [0.25, 0.3) is 129 Å². The number of nitrogens with zero attached hydrogens (tertiary/aromatic N) is 6. The van der Waals surface area contributed by atoms with E-state index in [0.29, 0.717) is 29.3 Å². The van der Waals surface area contributed by atoms with Crippen LogP contribution in [0.4, 0.5) is 0 Å². The number of fused-ring (bicyclic) bond motifs is 5. The van der Waals surface area contributed by atoms with Crippen LogP contribution >= 0.6 is 0 Å². The SMILES string of the molecule is c1ccc(-n2c3ccccc3c3cc(-c4nc(-c5ccc(-c6ccc(-c7nc8ccccc8o7)cc6)cc5)nc(-c5ccc(-c6ccc(-c7nc8ccccc8o7)cc6)cc5)n4)ccc32)cc1. The largest absolute Gasteiger partial charge is 0.436 e. The third-order valence-corrected chi connectivity index (χ3v) is 12.4. The van der Waals surface area contributed by atoms with E-state index < -0.39 is 0 Å². The molecule has 13 rings (SSSR count). The van der Waals surface area contributed by atoms with Crippen LogP contribution in [0.5, 0.6) is 0 Å². The molecule has 0 unspecified atom stereocenters. The zero-order valence-electron chi connectivity index (χ0n) is 35.8. The number of hydrogen-bond donors (Lipinski definition) is 0. The zero-order chi connectivity index (χ0) is 44.3. The molecule has 0 spiro atoms. The van der Waals surface area contributed by atoms with Crippen LogP contribution in [0.1, 0.15) is 0 Å². The summed E-state index contributed by atoms with van der Waals surface area (Å²) >= 11 is 0. The minimum Gasteiger partial charge on any atom is -0.436 e. The Hall–Kier alpha value is -9.27. The Morgan fingerprint density at radius 1 is 0.284 bits per heavy atom. The summed E-state index contributed by atoms with van der Waals surface area (Å²) in [6.45, 7) is 0. The lowest BCUT2D eigenvalue weighted by Crippen LogP contribution is -2.00. The van der Waals surface area contributed by atoms with Crippen LogP contribution in [-0.4, -0.2) is 29.5 Å². The molecule has 0 aliphatic carbocycles. The lowest BCUT2D eigenvalue weighted by molar-refractivity contribution is 0.619. The molecule has 4 heterocycles. The molecule has 8 nitrogen and oxygen atoms in total. The summed E-state index contributed by atoms with van der Waals surface area (Å²) in [5.41, 5.74) is 15.4. The summed E-state index contributed by atoms with van der Waals surface area (Å²) in [5.74, 6) is 2.97. The summed E-state index contributed by atoms with van der Waals surface area (Å²) in [6, 6.07) is 74.5. The predicted octanol–water partition coefficient (Wildman–Crippen LogP) is 14.9. The molecule has 0 atom stereocenters. The molecule has 0 aliphatic heterocycles. The fraction of sp³-hybridized carbons (Fsp3) is 0. The van der Waals surface area contributed by atoms with Gasteiger partial charge in [-0.1, -0.05) is 133 Å². The average Bonchev–Trinajstić information content (AvgIpc) is 4.13. The van der Waals surface area contributed by atoms with Crippen LogP contribution in [-0.2, 0) is 0 Å². The van der Waals surface area contributed by atoms with Gasteiger partial charge in [0.2, 0.25) is 11.8 Å². The van der Waals surface area contributed by atoms with E-state index >= 15 is 0 Å². The van der Waals surface area contributed by atoms with Crippen molar-refractivity contribution < 1.29 is 8.83 Å². The molecular weight excluding hydrogens is 825 g/mol. The van der Waals surface area contributed by atoms with E-state index in [2.05, 4.69) is 154 Å². The van der Waals surface area contributed by atoms with E-state index in [1.165, 1.54) is 0 Å². The number of hydrogen-bond acceptors (Lipinski definition) is 7. The Bertz CT molecular complexity index is 3700. The van der Waals surface area contributed by atoms with Gasteiger partial charge in [0.25, 0.3) is 0 Å². The molecule has 0 radical (unpaired) electrons. The maximum Gasteiger partial charge on any atom is 0.227 e. The molecule has 9 aromatic carbocycles. The van der Waals surface area contributed by atoms with E-state index in [1.807, 2.05) is 78.9 Å². The van der Waals surface area contributed by atoms with Crippen LogP contribution in [0, 0.1) is 0 Å². The number of para-hydroxylation sites is 6. The van der Waals surface area contributed by atoms with Gasteiger partial charge in [-0.2, -0.15) is 0 Å². The van der Waals surface area contributed by atoms with Crippen molar-refractivity contribution >= 4 is 44.0 Å². The maximum atomic E-state index is 6.02. The fourth-order valence-electron chi connectivity index (χ4n) is 8.96. The first-order valence-electron chi connectivity index (χ1n) is 22.1. The van der Waals surface area contributed by atoms with Gasteiger partial charge in [0.15, 0.2) is 28.6 Å². The molecule has 0 saturated carbocycles. The van der Waals surface area contributed by atoms with E-state index in [4.69, 9.17) is 23.8 Å². The smallest absolute Gasteiger partial charge is 0.227 e. The second kappa shape index (κ2) is 15.8. The summed E-state index contributed by atoms with van der Waals surface area (Å²) in [6.07, 6.45) is 0. The molecule has 4 aromatic heterocycles. The van der Waals surface area contributed by atoms with E-state index in [-0.39, 0.29) is 0 Å². The molecule has 0 amide bonds. The Balaban J connectivity index is 0.862. The van der Waals surface area contributed by atoms with Crippen molar-refractivity contribution in [2.75, 3.05) is 0 Å². The van der Waals surface area contributed by atoms with Gasteiger partial charge in [-0.15, -0.1) is 0 Å². The normalized spacial score (nSPS) is 11.6. The summed E-state index contributed by atoms with van der Waals surface area (Å²) in [5, 5.41) is 2.28. The minimum absolute atomic E-state index is 0.587. The first-order chi connectivity index (χ1) is 33.1. The van der Waals surface area contributed by atoms with Crippen LogP contribution in [0.3, 0.4) is 0 Å². The van der Waals surface area contributed by atoms with Crippen LogP contribution in [0.2, 0.25) is 0 Å². The van der Waals surface area contributed by atoms with Crippen molar-refractivity contribution in [2.24, 2.45) is 0 Å². The molecule has 0 fully saturated rings. The van der Waals surface area contributed by atoms with Gasteiger partial charge in [0.1, 0.15) is 11.0 Å². The molecule has 0 saturated heterocycles. The number of rotatable bonds is 8. The number of benzene rings is 9. The molecule has 314 valence electrons. The second-order valence-electron chi connectivity index (χ2n) is 16.5. The predicted molar refractivity (Wildman–Crippen MR) is 267 cm³/mol. The quantitative estimate of drug-likeness (QED) is 0.150. The molecule has 8 heteroatoms. The lowest BCUT2D eigenvalue weighted by Gasteiger charge is -2.11. The fourth-order valence-corrected chi connectivity index (χ4v) is 8.96. The van der Waals surface area contributed by atoms with Gasteiger partial charge in [0, 0.05) is 44.3 Å². The van der Waals surface area contributed by atoms with Gasteiger partial charge < -0.3 is 13.4 Å². The second-order valence-corrected chi connectivity index (χ2v) is 16.5. The highest BCUT2D eigenvalue weighted by Crippen LogP contribution is 2.36. The van der Waals surface area contributed by atoms with Gasteiger partial charge >= 0.3 is 0 Å². The Morgan fingerprint density at radius 2 is 0.672 bits per heavy atom. The number of aromatic nitrogens is 6. The maximum absolute atomic E-state index is 6.02. The molecule has 13 aromatic rings. The van der Waals surface area contributed by atoms with Crippen molar-refractivity contribution in [3.05, 3.63) is 218 Å². The van der Waals surface area contributed by atoms with Crippen molar-refractivity contribution in [1.82, 2.24) is 29.5 Å². The molecule has 0 N–H and O–H groups in total. The Labute approximate surface area is 384 Å². The molecule has 67 heavy (non-hydrogen) atoms. The standard InChI is InChI=1S/C59H36N6O2/c1-2-10-46(11-3-1)65-51-15-7-4-12-47(51)48-36-45(34-35-52(48)65)57-63-55(41-26-18-37(19-27-41)39-22-30-43(31-23-39)58-60-49-13-5-8-16-53(49)66-58)62-56(64-57)42-28-20-38(21-29-42)40-24-32-44(33-25-40)59-61-50-14-6-9-17-54(50)67-59/h1-36H. The van der Waals surface area contributed by atoms with Crippen molar-refractivity contribution in [3.8, 4) is 85.0 Å². The summed E-state index contributed by atoms with van der Waals surface area (Å²) in [7, 11) is 0. The highest BCUT2D eigenvalue weighted by Gasteiger charge is 2.18. The lowest BCUT2D eigenvalue weighted by atomic mass is 10.0. The van der Waals surface area contributed by atoms with E-state index in [0.717, 1.165) is 99.8 Å². The van der Waals surface area contributed by atoms with Gasteiger partial charge in [-0.3, -0.25) is 0 Å². The zero-order valence-corrected chi connectivity index (χ0v) is 35.8. The monoisotopic (exact) mass is 860 g/mol. The van der Waals surface area contributed by atoms with E-state index in [9.17, 15) is 0 Å². The first kappa shape index (κ1) is 38.2. The van der Waals surface area contributed by atoms with Crippen LogP contribution < -0.4 is 0 Å². The van der Waals surface area contributed by atoms with Gasteiger partial charge in [0.05, 0.1) is 11.0 Å². The molecule has 0 bridgehead atoms. The van der Waals surface area contributed by atoms with Crippen molar-refractivity contribution in [2.45, 2.75) is 0 Å². The Morgan fingerprint density at radius 3 is 1.18 bits per heavy atom. The average molecular weight is 861 g/mol.